The van der Waals surface area contributed by atoms with E-state index in [2.05, 4.69) is 34.1 Å². The van der Waals surface area contributed by atoms with Crippen LogP contribution in [0, 0.1) is 11.8 Å². The molecule has 24 heavy (non-hydrogen) atoms. The Kier molecular flexibility index (Phi) is 5.16. The van der Waals surface area contributed by atoms with Crippen LogP contribution < -0.4 is 5.32 Å². The number of hydrogen-bond acceptors (Lipinski definition) is 4. The fraction of sp³-hybridized carbons (Fsp3) is 0.471. The Morgan fingerprint density at radius 1 is 1.33 bits per heavy atom. The molecular formula is C17H22ClN5O. The molecule has 2 aromatic rings. The smallest absolute Gasteiger partial charge is 0.238 e. The van der Waals surface area contributed by atoms with E-state index in [0.29, 0.717) is 29.1 Å². The van der Waals surface area contributed by atoms with Gasteiger partial charge >= 0.3 is 0 Å². The Hall–Kier alpha value is -1.92. The van der Waals surface area contributed by atoms with Crippen LogP contribution in [-0.2, 0) is 4.79 Å². The lowest BCUT2D eigenvalue weighted by molar-refractivity contribution is -0.117. The Balaban J connectivity index is 1.71. The first-order valence-corrected chi connectivity index (χ1v) is 8.56. The second-order valence-electron chi connectivity index (χ2n) is 6.69. The molecule has 1 aromatic heterocycles. The van der Waals surface area contributed by atoms with Crippen molar-refractivity contribution >= 4 is 23.2 Å². The fourth-order valence-corrected chi connectivity index (χ4v) is 3.63. The number of likely N-dealkylation sites (tertiary alicyclic amines) is 1. The summed E-state index contributed by atoms with van der Waals surface area (Å²) in [5.41, 5.74) is 1.38. The van der Waals surface area contributed by atoms with Crippen LogP contribution in [0.15, 0.2) is 30.9 Å². The van der Waals surface area contributed by atoms with Crippen LogP contribution in [0.25, 0.3) is 5.69 Å². The number of aromatic nitrogens is 3. The van der Waals surface area contributed by atoms with Crippen molar-refractivity contribution in [2.24, 2.45) is 11.8 Å². The molecule has 1 aliphatic heterocycles. The molecule has 3 rings (SSSR count). The monoisotopic (exact) mass is 347 g/mol. The largest absolute Gasteiger partial charge is 0.323 e. The number of rotatable bonds is 4. The zero-order chi connectivity index (χ0) is 17.1. The third-order valence-corrected chi connectivity index (χ3v) is 4.45. The van der Waals surface area contributed by atoms with Gasteiger partial charge in [0.05, 0.1) is 17.9 Å². The Morgan fingerprint density at radius 3 is 2.75 bits per heavy atom. The van der Waals surface area contributed by atoms with Gasteiger partial charge in [0.2, 0.25) is 5.91 Å². The molecule has 0 radical (unpaired) electrons. The SMILES string of the molecule is C[C@H]1C[C@H](C)CN(CC(=O)Nc2cc(Cl)ccc2-n2cncn2)C1. The van der Waals surface area contributed by atoms with Gasteiger partial charge in [0.1, 0.15) is 12.7 Å². The number of carbonyl (C=O) groups excluding carboxylic acids is 1. The Morgan fingerprint density at radius 2 is 2.08 bits per heavy atom. The summed E-state index contributed by atoms with van der Waals surface area (Å²) in [6.07, 6.45) is 4.27. The molecule has 0 unspecified atom stereocenters. The van der Waals surface area contributed by atoms with Crippen LogP contribution in [0.3, 0.4) is 0 Å². The predicted molar refractivity (Wildman–Crippen MR) is 94.4 cm³/mol. The van der Waals surface area contributed by atoms with Crippen LogP contribution in [0.5, 0.6) is 0 Å². The summed E-state index contributed by atoms with van der Waals surface area (Å²) in [4.78, 5) is 18.7. The van der Waals surface area contributed by atoms with Crippen LogP contribution >= 0.6 is 11.6 Å². The van der Waals surface area contributed by atoms with E-state index in [4.69, 9.17) is 11.6 Å². The van der Waals surface area contributed by atoms with Gasteiger partial charge in [-0.2, -0.15) is 5.10 Å². The maximum atomic E-state index is 12.5. The zero-order valence-electron chi connectivity index (χ0n) is 13.9. The maximum Gasteiger partial charge on any atom is 0.238 e. The average molecular weight is 348 g/mol. The van der Waals surface area contributed by atoms with Crippen LogP contribution in [0.4, 0.5) is 5.69 Å². The summed E-state index contributed by atoms with van der Waals surface area (Å²) in [6, 6.07) is 5.32. The number of hydrogen-bond donors (Lipinski definition) is 1. The maximum absolute atomic E-state index is 12.5. The predicted octanol–water partition coefficient (Wildman–Crippen LogP) is 2.84. The Labute approximate surface area is 146 Å². The lowest BCUT2D eigenvalue weighted by atomic mass is 9.92. The molecule has 2 heterocycles. The molecule has 1 aromatic carbocycles. The molecule has 1 N–H and O–H groups in total. The van der Waals surface area contributed by atoms with Crippen LogP contribution in [0.1, 0.15) is 20.3 Å². The van der Waals surface area contributed by atoms with E-state index in [-0.39, 0.29) is 5.91 Å². The third-order valence-electron chi connectivity index (χ3n) is 4.21. The molecular weight excluding hydrogens is 326 g/mol. The van der Waals surface area contributed by atoms with Gasteiger partial charge in [0, 0.05) is 18.1 Å². The number of nitrogens with one attached hydrogen (secondary N) is 1. The number of nitrogens with zero attached hydrogens (tertiary/aromatic N) is 4. The molecule has 6 nitrogen and oxygen atoms in total. The number of piperidine rings is 1. The summed E-state index contributed by atoms with van der Waals surface area (Å²) < 4.78 is 1.61. The Bertz CT molecular complexity index is 693. The van der Waals surface area contributed by atoms with Crippen molar-refractivity contribution < 1.29 is 4.79 Å². The van der Waals surface area contributed by atoms with Crippen molar-refractivity contribution in [2.45, 2.75) is 20.3 Å². The standard InChI is InChI=1S/C17H22ClN5O/c1-12-5-13(2)8-22(7-12)9-17(24)21-15-6-14(18)3-4-16(15)23-11-19-10-20-23/h3-4,6,10-13H,5,7-9H2,1-2H3,(H,21,24)/t12-,13-/m0/s1. The lowest BCUT2D eigenvalue weighted by Gasteiger charge is -2.34. The second kappa shape index (κ2) is 7.32. The van der Waals surface area contributed by atoms with Crippen LogP contribution in [0.2, 0.25) is 5.02 Å². The normalized spacial score (nSPS) is 21.6. The topological polar surface area (TPSA) is 63.1 Å². The summed E-state index contributed by atoms with van der Waals surface area (Å²) in [5.74, 6) is 1.21. The van der Waals surface area contributed by atoms with Crippen molar-refractivity contribution in [2.75, 3.05) is 25.0 Å². The lowest BCUT2D eigenvalue weighted by Crippen LogP contribution is -2.42. The van der Waals surface area contributed by atoms with Gasteiger partial charge in [-0.25, -0.2) is 9.67 Å². The average Bonchev–Trinajstić information content (AvgIpc) is 3.00. The van der Waals surface area contributed by atoms with Crippen molar-refractivity contribution in [1.29, 1.82) is 0 Å². The van der Waals surface area contributed by atoms with Gasteiger partial charge in [0.15, 0.2) is 0 Å². The number of halogens is 1. The van der Waals surface area contributed by atoms with Crippen molar-refractivity contribution in [3.05, 3.63) is 35.9 Å². The highest BCUT2D eigenvalue weighted by atomic mass is 35.5. The molecule has 1 saturated heterocycles. The first kappa shape index (κ1) is 16.9. The molecule has 0 saturated carbocycles. The molecule has 0 bridgehead atoms. The quantitative estimate of drug-likeness (QED) is 0.923. The number of anilines is 1. The number of benzene rings is 1. The van der Waals surface area contributed by atoms with E-state index in [0.717, 1.165) is 18.8 Å². The summed E-state index contributed by atoms with van der Waals surface area (Å²) in [7, 11) is 0. The first-order valence-electron chi connectivity index (χ1n) is 8.18. The van der Waals surface area contributed by atoms with Crippen LogP contribution in [-0.4, -0.2) is 45.2 Å². The third kappa shape index (κ3) is 4.13. The minimum atomic E-state index is -0.0417. The second-order valence-corrected chi connectivity index (χ2v) is 7.13. The minimum absolute atomic E-state index is 0.0417. The zero-order valence-corrected chi connectivity index (χ0v) is 14.7. The van der Waals surface area contributed by atoms with Gasteiger partial charge in [-0.1, -0.05) is 25.4 Å². The molecule has 1 aliphatic rings. The van der Waals surface area contributed by atoms with Crippen molar-refractivity contribution in [3.8, 4) is 5.69 Å². The summed E-state index contributed by atoms with van der Waals surface area (Å²) in [5, 5.41) is 7.65. The number of amides is 1. The number of carbonyl (C=O) groups is 1. The van der Waals surface area contributed by atoms with E-state index in [1.807, 2.05) is 6.07 Å². The highest BCUT2D eigenvalue weighted by Crippen LogP contribution is 2.24. The van der Waals surface area contributed by atoms with E-state index >= 15 is 0 Å². The molecule has 0 spiro atoms. The van der Waals surface area contributed by atoms with Crippen molar-refractivity contribution in [1.82, 2.24) is 19.7 Å². The fourth-order valence-electron chi connectivity index (χ4n) is 3.45. The highest BCUT2D eigenvalue weighted by Gasteiger charge is 2.23. The first-order chi connectivity index (χ1) is 11.5. The molecule has 1 fully saturated rings. The summed E-state index contributed by atoms with van der Waals surface area (Å²) >= 11 is 6.08. The highest BCUT2D eigenvalue weighted by molar-refractivity contribution is 6.31. The van der Waals surface area contributed by atoms with Gasteiger partial charge in [-0.3, -0.25) is 9.69 Å². The minimum Gasteiger partial charge on any atom is -0.323 e. The molecule has 0 aliphatic carbocycles. The van der Waals surface area contributed by atoms with E-state index in [9.17, 15) is 4.79 Å². The summed E-state index contributed by atoms with van der Waals surface area (Å²) in [6.45, 7) is 6.78. The van der Waals surface area contributed by atoms with Crippen molar-refractivity contribution in [3.63, 3.8) is 0 Å². The van der Waals surface area contributed by atoms with Gasteiger partial charge in [-0.15, -0.1) is 0 Å². The molecule has 128 valence electrons. The van der Waals surface area contributed by atoms with Gasteiger partial charge in [-0.05, 0) is 36.5 Å². The molecule has 2 atom stereocenters. The van der Waals surface area contributed by atoms with E-state index in [1.54, 1.807) is 23.1 Å². The van der Waals surface area contributed by atoms with Gasteiger partial charge in [0.25, 0.3) is 0 Å². The molecule has 1 amide bonds. The van der Waals surface area contributed by atoms with E-state index in [1.165, 1.54) is 12.7 Å². The van der Waals surface area contributed by atoms with E-state index < -0.39 is 0 Å². The van der Waals surface area contributed by atoms with Gasteiger partial charge < -0.3 is 5.32 Å². The molecule has 7 heteroatoms.